The number of benzene rings is 2. The number of aromatic nitrogens is 2. The zero-order chi connectivity index (χ0) is 26.4. The van der Waals surface area contributed by atoms with Gasteiger partial charge in [-0.3, -0.25) is 4.79 Å². The van der Waals surface area contributed by atoms with E-state index >= 15 is 0 Å². The molecule has 1 aliphatic rings. The van der Waals surface area contributed by atoms with Crippen molar-refractivity contribution >= 4 is 29.0 Å². The van der Waals surface area contributed by atoms with E-state index in [0.29, 0.717) is 5.82 Å². The quantitative estimate of drug-likeness (QED) is 0.425. The largest absolute Gasteiger partial charge is 0.340 e. The maximum atomic E-state index is 14.1. The van der Waals surface area contributed by atoms with Crippen LogP contribution >= 0.6 is 11.6 Å². The Hall–Kier alpha value is -3.18. The topological polar surface area (TPSA) is 76.2 Å². The van der Waals surface area contributed by atoms with Gasteiger partial charge in [-0.1, -0.05) is 11.6 Å². The molecule has 0 unspecified atom stereocenters. The van der Waals surface area contributed by atoms with E-state index in [4.69, 9.17) is 17.3 Å². The molecule has 0 saturated carbocycles. The monoisotopic (exact) mass is 527 g/mol. The second-order valence-electron chi connectivity index (χ2n) is 8.91. The lowest BCUT2D eigenvalue weighted by Gasteiger charge is -2.42. The first kappa shape index (κ1) is 25.9. The van der Waals surface area contributed by atoms with E-state index in [1.165, 1.54) is 12.1 Å². The van der Waals surface area contributed by atoms with Crippen LogP contribution in [0.2, 0.25) is 5.02 Å². The molecule has 36 heavy (non-hydrogen) atoms. The van der Waals surface area contributed by atoms with E-state index in [0.717, 1.165) is 24.3 Å². The Balaban J connectivity index is 1.89. The minimum atomic E-state index is -3.76. The second-order valence-corrected chi connectivity index (χ2v) is 9.35. The van der Waals surface area contributed by atoms with Crippen LogP contribution in [0.3, 0.4) is 0 Å². The number of nitrogens with one attached hydrogen (secondary N) is 1. The molecule has 0 spiro atoms. The average Bonchev–Trinajstić information content (AvgIpc) is 3.19. The smallest absolute Gasteiger partial charge is 0.301 e. The third-order valence-corrected chi connectivity index (χ3v) is 6.37. The minimum absolute atomic E-state index is 0.0593. The molecule has 0 atom stereocenters. The van der Waals surface area contributed by atoms with Crippen LogP contribution in [0.4, 0.5) is 33.5 Å². The number of nitrogens with zero attached hydrogens (tertiary/aromatic N) is 3. The third kappa shape index (κ3) is 4.53. The molecule has 3 aromatic rings. The predicted octanol–water partition coefficient (Wildman–Crippen LogP) is 5.32. The van der Waals surface area contributed by atoms with Crippen molar-refractivity contribution in [2.45, 2.75) is 31.9 Å². The first-order chi connectivity index (χ1) is 16.9. The highest BCUT2D eigenvalue weighted by Gasteiger charge is 2.41. The Morgan fingerprint density at radius 2 is 1.89 bits per heavy atom. The highest BCUT2D eigenvalue weighted by molar-refractivity contribution is 6.31. The summed E-state index contributed by atoms with van der Waals surface area (Å²) in [6.07, 6.45) is 0. The van der Waals surface area contributed by atoms with Gasteiger partial charge in [-0.05, 0) is 50.2 Å². The van der Waals surface area contributed by atoms with E-state index in [9.17, 15) is 26.7 Å². The van der Waals surface area contributed by atoms with E-state index in [-0.39, 0.29) is 53.3 Å². The summed E-state index contributed by atoms with van der Waals surface area (Å²) < 4.78 is 70.6. The first-order valence-electron chi connectivity index (χ1n) is 11.0. The molecule has 1 amide bonds. The molecule has 192 valence electrons. The van der Waals surface area contributed by atoms with Crippen LogP contribution in [-0.4, -0.2) is 40.1 Å². The van der Waals surface area contributed by atoms with Crippen LogP contribution in [-0.2, 0) is 22.8 Å². The molecule has 0 aliphatic carbocycles. The van der Waals surface area contributed by atoms with Crippen LogP contribution in [0.5, 0.6) is 0 Å². The van der Waals surface area contributed by atoms with Gasteiger partial charge >= 0.3 is 5.92 Å². The number of nitrogens with two attached hydrogens (primary N) is 1. The lowest BCUT2D eigenvalue weighted by Crippen LogP contribution is -2.53. The Bertz CT molecular complexity index is 1330. The molecule has 0 saturated heterocycles. The summed E-state index contributed by atoms with van der Waals surface area (Å²) in [6, 6.07) is 6.63. The van der Waals surface area contributed by atoms with Crippen molar-refractivity contribution in [1.82, 2.24) is 14.5 Å². The summed E-state index contributed by atoms with van der Waals surface area (Å²) in [5, 5.41) is 2.94. The zero-order valence-corrected chi connectivity index (χ0v) is 20.1. The van der Waals surface area contributed by atoms with Crippen LogP contribution in [0, 0.1) is 11.6 Å². The van der Waals surface area contributed by atoms with Gasteiger partial charge in [0.25, 0.3) is 0 Å². The number of anilines is 2. The fourth-order valence-electron chi connectivity index (χ4n) is 4.34. The Morgan fingerprint density at radius 1 is 1.17 bits per heavy atom. The van der Waals surface area contributed by atoms with Crippen LogP contribution in [0.15, 0.2) is 36.4 Å². The van der Waals surface area contributed by atoms with Gasteiger partial charge in [0.05, 0.1) is 12.1 Å². The number of hydrogen-bond donors (Lipinski definition) is 2. The van der Waals surface area contributed by atoms with E-state index in [1.54, 1.807) is 23.3 Å². The van der Waals surface area contributed by atoms with Crippen molar-refractivity contribution in [3.05, 3.63) is 64.4 Å². The molecule has 0 fully saturated rings. The number of alkyl halides is 3. The lowest BCUT2D eigenvalue weighted by atomic mass is 9.99. The fraction of sp³-hybridized carbons (Fsp3) is 0.333. The van der Waals surface area contributed by atoms with Gasteiger partial charge in [0.1, 0.15) is 17.3 Å². The Labute approximate surface area is 208 Å². The maximum absolute atomic E-state index is 14.1. The number of fused-ring (bicyclic) bond motifs is 1. The highest BCUT2D eigenvalue weighted by atomic mass is 35.5. The van der Waals surface area contributed by atoms with Gasteiger partial charge < -0.3 is 20.5 Å². The van der Waals surface area contributed by atoms with Crippen molar-refractivity contribution in [1.29, 1.82) is 0 Å². The summed E-state index contributed by atoms with van der Waals surface area (Å²) in [7, 11) is 0. The number of halogens is 6. The molecule has 12 heteroatoms. The SMILES string of the molecule is CC1(C)c2nc(-c3ccc(F)c(F)c3)c(Nc3cc(Cl)cc(C(F)(F)CF)c3)n2CCN1C(=O)CN. The maximum Gasteiger partial charge on any atom is 0.301 e. The third-order valence-electron chi connectivity index (χ3n) is 6.16. The van der Waals surface area contributed by atoms with Crippen LogP contribution in [0.25, 0.3) is 11.3 Å². The number of rotatable bonds is 6. The van der Waals surface area contributed by atoms with E-state index in [1.807, 2.05) is 0 Å². The van der Waals surface area contributed by atoms with Crippen LogP contribution in [0.1, 0.15) is 25.2 Å². The summed E-state index contributed by atoms with van der Waals surface area (Å²) >= 11 is 6.04. The highest BCUT2D eigenvalue weighted by Crippen LogP contribution is 2.41. The number of carbonyl (C=O) groups excluding carboxylic acids is 1. The van der Waals surface area contributed by atoms with Crippen molar-refractivity contribution in [3.63, 3.8) is 0 Å². The molecule has 4 rings (SSSR count). The van der Waals surface area contributed by atoms with Crippen molar-refractivity contribution in [2.75, 3.05) is 25.1 Å². The van der Waals surface area contributed by atoms with Crippen molar-refractivity contribution < 1.29 is 26.7 Å². The normalized spacial score (nSPS) is 15.1. The minimum Gasteiger partial charge on any atom is -0.340 e. The lowest BCUT2D eigenvalue weighted by molar-refractivity contribution is -0.137. The van der Waals surface area contributed by atoms with Gasteiger partial charge in [0.15, 0.2) is 18.3 Å². The van der Waals surface area contributed by atoms with Gasteiger partial charge in [-0.25, -0.2) is 18.2 Å². The van der Waals surface area contributed by atoms with E-state index in [2.05, 4.69) is 10.3 Å². The Morgan fingerprint density at radius 3 is 2.53 bits per heavy atom. The van der Waals surface area contributed by atoms with Crippen molar-refractivity contribution in [3.8, 4) is 11.3 Å². The predicted molar refractivity (Wildman–Crippen MR) is 126 cm³/mol. The van der Waals surface area contributed by atoms with Gasteiger partial charge in [0, 0.05) is 34.9 Å². The molecule has 0 bridgehead atoms. The summed E-state index contributed by atoms with van der Waals surface area (Å²) in [4.78, 5) is 18.7. The summed E-state index contributed by atoms with van der Waals surface area (Å²) in [6.45, 7) is 1.91. The van der Waals surface area contributed by atoms with Crippen molar-refractivity contribution in [2.24, 2.45) is 5.73 Å². The molecule has 1 aromatic heterocycles. The molecule has 0 radical (unpaired) electrons. The van der Waals surface area contributed by atoms with Gasteiger partial charge in [-0.15, -0.1) is 0 Å². The molecule has 3 N–H and O–H groups in total. The fourth-order valence-corrected chi connectivity index (χ4v) is 4.58. The second kappa shape index (κ2) is 9.36. The van der Waals surface area contributed by atoms with Gasteiger partial charge in [0.2, 0.25) is 5.91 Å². The summed E-state index contributed by atoms with van der Waals surface area (Å²) in [5.41, 5.74) is 4.51. The van der Waals surface area contributed by atoms with Crippen LogP contribution < -0.4 is 11.1 Å². The standard InChI is InChI=1S/C24H23ClF5N5O/c1-23(2)22-33-20(13-3-4-17(27)18(28)7-13)21(34(22)5-6-35(23)19(36)11-31)32-16-9-14(8-15(25)10-16)24(29,30)12-26/h3-4,7-10,32H,5-6,11-12,31H2,1-2H3. The molecular formula is C24H23ClF5N5O. The first-order valence-corrected chi connectivity index (χ1v) is 11.4. The average molecular weight is 528 g/mol. The van der Waals surface area contributed by atoms with E-state index < -0.39 is 35.3 Å². The molecule has 2 aromatic carbocycles. The summed E-state index contributed by atoms with van der Waals surface area (Å²) in [5.74, 6) is -5.52. The zero-order valence-electron chi connectivity index (χ0n) is 19.4. The number of amides is 1. The molecular weight excluding hydrogens is 505 g/mol. The number of imidazole rings is 1. The number of hydrogen-bond acceptors (Lipinski definition) is 4. The molecule has 1 aliphatic heterocycles. The Kier molecular flexibility index (Phi) is 6.74. The van der Waals surface area contributed by atoms with Gasteiger partial charge in [-0.2, -0.15) is 8.78 Å². The molecule has 2 heterocycles. The number of carbonyl (C=O) groups is 1. The molecule has 6 nitrogen and oxygen atoms in total.